The molecule has 0 bridgehead atoms. The number of aryl methyl sites for hydroxylation is 1. The summed E-state index contributed by atoms with van der Waals surface area (Å²) in [6.07, 6.45) is 0. The molecule has 2 aromatic heterocycles. The first-order valence-corrected chi connectivity index (χ1v) is 11.7. The number of sulfonamides is 1. The summed E-state index contributed by atoms with van der Waals surface area (Å²) in [7, 11) is -3.74. The van der Waals surface area contributed by atoms with Crippen LogP contribution in [-0.4, -0.2) is 25.4 Å². The minimum absolute atomic E-state index is 0.127. The van der Waals surface area contributed by atoms with Gasteiger partial charge in [0.2, 0.25) is 22.6 Å². The Hall–Kier alpha value is -3.21. The summed E-state index contributed by atoms with van der Waals surface area (Å²) in [5.41, 5.74) is 1.59. The standard InChI is InChI=1S/C21H17N3O5S2/c1-13-19(31(25,26)22-11-14-7-8-16-17(9-14)28-12-27-16)10-18(30-13)21-23-20(24-29-21)15-5-3-2-4-6-15/h2-10,22H,11-12H2,1H3. The van der Waals surface area contributed by atoms with Crippen LogP contribution in [0.1, 0.15) is 10.4 Å². The molecule has 10 heteroatoms. The van der Waals surface area contributed by atoms with Gasteiger partial charge >= 0.3 is 0 Å². The first-order valence-electron chi connectivity index (χ1n) is 9.38. The number of aromatic nitrogens is 2. The zero-order chi connectivity index (χ0) is 21.4. The van der Waals surface area contributed by atoms with E-state index >= 15 is 0 Å². The number of nitrogens with one attached hydrogen (secondary N) is 1. The van der Waals surface area contributed by atoms with Gasteiger partial charge in [0.1, 0.15) is 0 Å². The number of hydrogen-bond donors (Lipinski definition) is 1. The van der Waals surface area contributed by atoms with E-state index in [9.17, 15) is 8.42 Å². The molecule has 0 atom stereocenters. The molecule has 0 saturated heterocycles. The highest BCUT2D eigenvalue weighted by molar-refractivity contribution is 7.89. The Morgan fingerprint density at radius 1 is 1.06 bits per heavy atom. The zero-order valence-electron chi connectivity index (χ0n) is 16.4. The summed E-state index contributed by atoms with van der Waals surface area (Å²) in [5.74, 6) is 1.99. The van der Waals surface area contributed by atoms with Gasteiger partial charge in [-0.15, -0.1) is 11.3 Å². The van der Waals surface area contributed by atoms with E-state index in [0.717, 1.165) is 11.1 Å². The molecule has 1 aliphatic rings. The van der Waals surface area contributed by atoms with E-state index < -0.39 is 10.0 Å². The van der Waals surface area contributed by atoms with Gasteiger partial charge in [0.15, 0.2) is 11.5 Å². The third-order valence-corrected chi connectivity index (χ3v) is 7.43. The van der Waals surface area contributed by atoms with Crippen LogP contribution in [-0.2, 0) is 16.6 Å². The predicted molar refractivity (Wildman–Crippen MR) is 114 cm³/mol. The van der Waals surface area contributed by atoms with Crippen LogP contribution < -0.4 is 14.2 Å². The van der Waals surface area contributed by atoms with E-state index in [-0.39, 0.29) is 24.1 Å². The largest absolute Gasteiger partial charge is 0.454 e. The van der Waals surface area contributed by atoms with E-state index in [1.165, 1.54) is 11.3 Å². The van der Waals surface area contributed by atoms with E-state index in [0.29, 0.717) is 27.1 Å². The van der Waals surface area contributed by atoms with Crippen LogP contribution >= 0.6 is 11.3 Å². The lowest BCUT2D eigenvalue weighted by Crippen LogP contribution is -2.23. The first-order chi connectivity index (χ1) is 15.0. The number of ether oxygens (including phenoxy) is 2. The topological polar surface area (TPSA) is 104 Å². The third kappa shape index (κ3) is 3.92. The third-order valence-electron chi connectivity index (χ3n) is 4.73. The van der Waals surface area contributed by atoms with Crippen LogP contribution in [0.4, 0.5) is 0 Å². The minimum atomic E-state index is -3.74. The van der Waals surface area contributed by atoms with Crippen LogP contribution in [0.3, 0.4) is 0 Å². The Balaban J connectivity index is 1.35. The Bertz CT molecular complexity index is 1350. The lowest BCUT2D eigenvalue weighted by molar-refractivity contribution is 0.174. The van der Waals surface area contributed by atoms with Crippen LogP contribution in [0.2, 0.25) is 0 Å². The molecule has 3 heterocycles. The maximum absolute atomic E-state index is 12.9. The highest BCUT2D eigenvalue weighted by atomic mass is 32.2. The second-order valence-corrected chi connectivity index (χ2v) is 9.82. The lowest BCUT2D eigenvalue weighted by atomic mass is 10.2. The van der Waals surface area contributed by atoms with Crippen molar-refractivity contribution >= 4 is 21.4 Å². The zero-order valence-corrected chi connectivity index (χ0v) is 18.0. The second kappa shape index (κ2) is 7.80. The fraction of sp³-hybridized carbons (Fsp3) is 0.143. The first kappa shape index (κ1) is 19.7. The molecule has 2 aromatic carbocycles. The molecule has 158 valence electrons. The molecule has 1 N–H and O–H groups in total. The molecule has 0 saturated carbocycles. The molecular formula is C21H17N3O5S2. The van der Waals surface area contributed by atoms with Gasteiger partial charge in [0.25, 0.3) is 5.89 Å². The maximum atomic E-state index is 12.9. The van der Waals surface area contributed by atoms with E-state index in [2.05, 4.69) is 14.9 Å². The summed E-state index contributed by atoms with van der Waals surface area (Å²) >= 11 is 1.29. The minimum Gasteiger partial charge on any atom is -0.454 e. The number of benzene rings is 2. The van der Waals surface area contributed by atoms with Gasteiger partial charge in [-0.3, -0.25) is 0 Å². The van der Waals surface area contributed by atoms with Gasteiger partial charge in [-0.25, -0.2) is 13.1 Å². The van der Waals surface area contributed by atoms with E-state index in [1.807, 2.05) is 30.3 Å². The molecule has 0 radical (unpaired) electrons. The summed E-state index contributed by atoms with van der Waals surface area (Å²) < 4.78 is 44.4. The van der Waals surface area contributed by atoms with Crippen LogP contribution in [0.25, 0.3) is 22.2 Å². The number of rotatable bonds is 6. The molecule has 0 amide bonds. The maximum Gasteiger partial charge on any atom is 0.268 e. The van der Waals surface area contributed by atoms with Crippen molar-refractivity contribution in [2.24, 2.45) is 0 Å². The Labute approximate surface area is 182 Å². The monoisotopic (exact) mass is 455 g/mol. The van der Waals surface area contributed by atoms with Crippen molar-refractivity contribution in [3.8, 4) is 33.7 Å². The van der Waals surface area contributed by atoms with Gasteiger partial charge in [-0.2, -0.15) is 4.98 Å². The summed E-state index contributed by atoms with van der Waals surface area (Å²) in [6, 6.07) is 16.3. The van der Waals surface area contributed by atoms with Crippen molar-refractivity contribution < 1.29 is 22.4 Å². The molecule has 1 aliphatic heterocycles. The summed E-state index contributed by atoms with van der Waals surface area (Å²) in [6.45, 7) is 2.04. The van der Waals surface area contributed by atoms with Crippen molar-refractivity contribution in [2.45, 2.75) is 18.4 Å². The smallest absolute Gasteiger partial charge is 0.268 e. The van der Waals surface area contributed by atoms with E-state index in [1.54, 1.807) is 31.2 Å². The number of thiophene rings is 1. The quantitative estimate of drug-likeness (QED) is 0.469. The average Bonchev–Trinajstić information content (AvgIpc) is 3.52. The van der Waals surface area contributed by atoms with Gasteiger partial charge in [0.05, 0.1) is 9.77 Å². The molecule has 0 fully saturated rings. The van der Waals surface area contributed by atoms with Crippen LogP contribution in [0.15, 0.2) is 64.0 Å². The predicted octanol–water partition coefficient (Wildman–Crippen LogP) is 3.98. The van der Waals surface area contributed by atoms with Crippen LogP contribution in [0, 0.1) is 6.92 Å². The van der Waals surface area contributed by atoms with Crippen LogP contribution in [0.5, 0.6) is 11.5 Å². The number of fused-ring (bicyclic) bond motifs is 1. The summed E-state index contributed by atoms with van der Waals surface area (Å²) in [4.78, 5) is 5.82. The van der Waals surface area contributed by atoms with Crippen molar-refractivity contribution in [3.05, 3.63) is 65.0 Å². The van der Waals surface area contributed by atoms with Gasteiger partial charge in [-0.1, -0.05) is 41.6 Å². The molecule has 0 spiro atoms. The molecule has 4 aromatic rings. The Morgan fingerprint density at radius 2 is 1.87 bits per heavy atom. The number of nitrogens with zero attached hydrogens (tertiary/aromatic N) is 2. The average molecular weight is 456 g/mol. The van der Waals surface area contributed by atoms with Crippen molar-refractivity contribution in [1.82, 2.24) is 14.9 Å². The van der Waals surface area contributed by atoms with Crippen molar-refractivity contribution in [3.63, 3.8) is 0 Å². The highest BCUT2D eigenvalue weighted by Gasteiger charge is 2.23. The summed E-state index contributed by atoms with van der Waals surface area (Å²) in [5, 5.41) is 4.00. The Kier molecular flexibility index (Phi) is 4.97. The van der Waals surface area contributed by atoms with Gasteiger partial charge in [-0.05, 0) is 30.7 Å². The fourth-order valence-corrected chi connectivity index (χ4v) is 5.70. The fourth-order valence-electron chi connectivity index (χ4n) is 3.17. The van der Waals surface area contributed by atoms with E-state index in [4.69, 9.17) is 14.0 Å². The molecule has 5 rings (SSSR count). The van der Waals surface area contributed by atoms with Gasteiger partial charge < -0.3 is 14.0 Å². The van der Waals surface area contributed by atoms with Gasteiger partial charge in [0, 0.05) is 17.0 Å². The normalized spacial score (nSPS) is 12.9. The molecule has 8 nitrogen and oxygen atoms in total. The molecular weight excluding hydrogens is 438 g/mol. The molecule has 0 aliphatic carbocycles. The second-order valence-electron chi connectivity index (χ2n) is 6.83. The SMILES string of the molecule is Cc1sc(-c2nc(-c3ccccc3)no2)cc1S(=O)(=O)NCc1ccc2c(c1)OCO2. The highest BCUT2D eigenvalue weighted by Crippen LogP contribution is 2.34. The molecule has 0 unspecified atom stereocenters. The lowest BCUT2D eigenvalue weighted by Gasteiger charge is -2.07. The van der Waals surface area contributed by atoms with Crippen molar-refractivity contribution in [1.29, 1.82) is 0 Å². The Morgan fingerprint density at radius 3 is 2.71 bits per heavy atom. The molecule has 31 heavy (non-hydrogen) atoms. The van der Waals surface area contributed by atoms with Crippen molar-refractivity contribution in [2.75, 3.05) is 6.79 Å². The number of hydrogen-bond acceptors (Lipinski definition) is 8.